The van der Waals surface area contributed by atoms with Crippen LogP contribution in [0.25, 0.3) is 11.3 Å². The van der Waals surface area contributed by atoms with Gasteiger partial charge in [-0.2, -0.15) is 4.98 Å². The molecule has 0 saturated heterocycles. The van der Waals surface area contributed by atoms with Crippen LogP contribution in [0.3, 0.4) is 0 Å². The summed E-state index contributed by atoms with van der Waals surface area (Å²) in [7, 11) is 1.65. The van der Waals surface area contributed by atoms with Crippen LogP contribution < -0.4 is 10.5 Å². The van der Waals surface area contributed by atoms with Crippen molar-refractivity contribution in [3.63, 3.8) is 0 Å². The zero-order chi connectivity index (χ0) is 13.4. The smallest absolute Gasteiger partial charge is 0.292 e. The SMILES string of the molecule is COc1c(C)c(C)c(Br)c(C)c1-c1coc(N)n1. The molecule has 1 heterocycles. The van der Waals surface area contributed by atoms with Crippen LogP contribution >= 0.6 is 15.9 Å². The third-order valence-corrected chi connectivity index (χ3v) is 4.34. The molecule has 0 aliphatic carbocycles. The fourth-order valence-corrected chi connectivity index (χ4v) is 2.55. The maximum atomic E-state index is 5.53. The molecule has 0 aliphatic heterocycles. The summed E-state index contributed by atoms with van der Waals surface area (Å²) >= 11 is 3.60. The summed E-state index contributed by atoms with van der Waals surface area (Å²) in [4.78, 5) is 4.17. The van der Waals surface area contributed by atoms with E-state index in [1.807, 2.05) is 13.8 Å². The fraction of sp³-hybridized carbons (Fsp3) is 0.308. The quantitative estimate of drug-likeness (QED) is 0.920. The highest BCUT2D eigenvalue weighted by atomic mass is 79.9. The average Bonchev–Trinajstić information content (AvgIpc) is 2.77. The van der Waals surface area contributed by atoms with Crippen molar-refractivity contribution in [1.29, 1.82) is 0 Å². The van der Waals surface area contributed by atoms with Crippen LogP contribution in [0.5, 0.6) is 5.75 Å². The van der Waals surface area contributed by atoms with Gasteiger partial charge in [0.15, 0.2) is 0 Å². The highest BCUT2D eigenvalue weighted by Gasteiger charge is 2.20. The number of ether oxygens (including phenoxy) is 1. The van der Waals surface area contributed by atoms with Gasteiger partial charge in [0.1, 0.15) is 17.7 Å². The van der Waals surface area contributed by atoms with Gasteiger partial charge in [-0.15, -0.1) is 0 Å². The first-order chi connectivity index (χ1) is 8.47. The van der Waals surface area contributed by atoms with Crippen molar-refractivity contribution in [1.82, 2.24) is 4.98 Å². The predicted octanol–water partition coefficient (Wildman–Crippen LogP) is 3.62. The van der Waals surface area contributed by atoms with Crippen molar-refractivity contribution in [2.75, 3.05) is 12.8 Å². The van der Waals surface area contributed by atoms with Gasteiger partial charge in [0, 0.05) is 10.0 Å². The van der Waals surface area contributed by atoms with Gasteiger partial charge in [-0.3, -0.25) is 0 Å². The third-order valence-electron chi connectivity index (χ3n) is 3.15. The Hall–Kier alpha value is -1.49. The average molecular weight is 311 g/mol. The van der Waals surface area contributed by atoms with Gasteiger partial charge in [0.05, 0.1) is 7.11 Å². The number of nitrogens with two attached hydrogens (primary N) is 1. The number of oxazole rings is 1. The highest BCUT2D eigenvalue weighted by Crippen LogP contribution is 2.41. The Morgan fingerprint density at radius 2 is 1.89 bits per heavy atom. The first-order valence-corrected chi connectivity index (χ1v) is 6.31. The summed E-state index contributed by atoms with van der Waals surface area (Å²) < 4.78 is 11.6. The van der Waals surface area contributed by atoms with Gasteiger partial charge in [0.2, 0.25) is 0 Å². The van der Waals surface area contributed by atoms with Crippen molar-refractivity contribution in [3.8, 4) is 17.0 Å². The number of hydrogen-bond donors (Lipinski definition) is 1. The number of anilines is 1. The second-order valence-electron chi connectivity index (χ2n) is 4.17. The molecule has 18 heavy (non-hydrogen) atoms. The topological polar surface area (TPSA) is 61.3 Å². The molecule has 5 heteroatoms. The largest absolute Gasteiger partial charge is 0.496 e. The molecule has 4 nitrogen and oxygen atoms in total. The number of halogens is 1. The molecule has 0 spiro atoms. The van der Waals surface area contributed by atoms with Gasteiger partial charge in [0.25, 0.3) is 6.01 Å². The minimum atomic E-state index is 0.154. The lowest BCUT2D eigenvalue weighted by Gasteiger charge is -2.17. The lowest BCUT2D eigenvalue weighted by Crippen LogP contribution is -1.99. The van der Waals surface area contributed by atoms with E-state index < -0.39 is 0 Å². The van der Waals surface area contributed by atoms with E-state index in [1.165, 1.54) is 0 Å². The molecule has 2 N–H and O–H groups in total. The molecular weight excluding hydrogens is 296 g/mol. The van der Waals surface area contributed by atoms with Gasteiger partial charge >= 0.3 is 0 Å². The van der Waals surface area contributed by atoms with E-state index in [4.69, 9.17) is 14.9 Å². The van der Waals surface area contributed by atoms with Crippen molar-refractivity contribution >= 4 is 21.9 Å². The molecule has 0 bridgehead atoms. The first-order valence-electron chi connectivity index (χ1n) is 5.52. The molecule has 96 valence electrons. The molecule has 1 aromatic heterocycles. The molecular formula is C13H15BrN2O2. The summed E-state index contributed by atoms with van der Waals surface area (Å²) in [6.45, 7) is 6.08. The Morgan fingerprint density at radius 3 is 2.39 bits per heavy atom. The van der Waals surface area contributed by atoms with Crippen molar-refractivity contribution in [2.45, 2.75) is 20.8 Å². The molecule has 0 fully saturated rings. The molecule has 0 unspecified atom stereocenters. The van der Waals surface area contributed by atoms with Crippen molar-refractivity contribution < 1.29 is 9.15 Å². The van der Waals surface area contributed by atoms with E-state index in [1.54, 1.807) is 13.4 Å². The first kappa shape index (κ1) is 13.0. The van der Waals surface area contributed by atoms with E-state index in [9.17, 15) is 0 Å². The third kappa shape index (κ3) is 1.88. The summed E-state index contributed by atoms with van der Waals surface area (Å²) in [5.74, 6) is 0.807. The minimum absolute atomic E-state index is 0.154. The second kappa shape index (κ2) is 4.65. The second-order valence-corrected chi connectivity index (χ2v) is 4.96. The summed E-state index contributed by atoms with van der Waals surface area (Å²) in [6.07, 6.45) is 1.54. The molecule has 0 radical (unpaired) electrons. The van der Waals surface area contributed by atoms with Crippen LogP contribution in [-0.2, 0) is 0 Å². The van der Waals surface area contributed by atoms with E-state index in [0.717, 1.165) is 32.5 Å². The molecule has 0 atom stereocenters. The number of aromatic nitrogens is 1. The lowest BCUT2D eigenvalue weighted by atomic mass is 9.97. The Kier molecular flexibility index (Phi) is 3.34. The van der Waals surface area contributed by atoms with Crippen LogP contribution in [0.4, 0.5) is 6.01 Å². The van der Waals surface area contributed by atoms with E-state index >= 15 is 0 Å². The van der Waals surface area contributed by atoms with Gasteiger partial charge in [-0.1, -0.05) is 15.9 Å². The van der Waals surface area contributed by atoms with Gasteiger partial charge < -0.3 is 14.9 Å². The molecule has 2 aromatic rings. The lowest BCUT2D eigenvalue weighted by molar-refractivity contribution is 0.412. The monoisotopic (exact) mass is 310 g/mol. The Morgan fingerprint density at radius 1 is 1.22 bits per heavy atom. The van der Waals surface area contributed by atoms with Crippen LogP contribution in [0.2, 0.25) is 0 Å². The van der Waals surface area contributed by atoms with Gasteiger partial charge in [-0.25, -0.2) is 0 Å². The number of benzene rings is 1. The number of nitrogen functional groups attached to an aromatic ring is 1. The highest BCUT2D eigenvalue weighted by molar-refractivity contribution is 9.10. The summed E-state index contributed by atoms with van der Waals surface area (Å²) in [6, 6.07) is 0.154. The number of methoxy groups -OCH3 is 1. The maximum absolute atomic E-state index is 5.53. The predicted molar refractivity (Wildman–Crippen MR) is 74.8 cm³/mol. The number of nitrogens with zero attached hydrogens (tertiary/aromatic N) is 1. The van der Waals surface area contributed by atoms with Gasteiger partial charge in [-0.05, 0) is 37.5 Å². The standard InChI is InChI=1S/C13H15BrN2O2/c1-6-7(2)12(17-4)10(8(3)11(6)14)9-5-18-13(15)16-9/h5H,1-4H3,(H2,15,16). The van der Waals surface area contributed by atoms with Crippen molar-refractivity contribution in [2.24, 2.45) is 0 Å². The minimum Gasteiger partial charge on any atom is -0.496 e. The molecule has 1 aromatic carbocycles. The summed E-state index contributed by atoms with van der Waals surface area (Å²) in [5, 5.41) is 0. The molecule has 0 amide bonds. The molecule has 2 rings (SSSR count). The Labute approximate surface area is 114 Å². The Bertz CT molecular complexity index is 606. The number of hydrogen-bond acceptors (Lipinski definition) is 4. The molecule has 0 aliphatic rings. The zero-order valence-corrected chi connectivity index (χ0v) is 12.4. The normalized spacial score (nSPS) is 10.7. The Balaban J connectivity index is 2.81. The van der Waals surface area contributed by atoms with E-state index in [2.05, 4.69) is 27.8 Å². The van der Waals surface area contributed by atoms with Crippen LogP contribution in [0.1, 0.15) is 16.7 Å². The zero-order valence-electron chi connectivity index (χ0n) is 10.8. The number of rotatable bonds is 2. The summed E-state index contributed by atoms with van der Waals surface area (Å²) in [5.41, 5.74) is 10.4. The van der Waals surface area contributed by atoms with E-state index in [0.29, 0.717) is 5.69 Å². The van der Waals surface area contributed by atoms with Crippen LogP contribution in [-0.4, -0.2) is 12.1 Å². The van der Waals surface area contributed by atoms with Crippen molar-refractivity contribution in [3.05, 3.63) is 27.4 Å². The van der Waals surface area contributed by atoms with Crippen LogP contribution in [0, 0.1) is 20.8 Å². The fourth-order valence-electron chi connectivity index (χ4n) is 2.05. The van der Waals surface area contributed by atoms with E-state index in [-0.39, 0.29) is 6.01 Å². The molecule has 0 saturated carbocycles. The van der Waals surface area contributed by atoms with Crippen LogP contribution in [0.15, 0.2) is 15.2 Å². The maximum Gasteiger partial charge on any atom is 0.292 e.